The van der Waals surface area contributed by atoms with E-state index in [1.807, 2.05) is 11.8 Å². The van der Waals surface area contributed by atoms with Crippen molar-refractivity contribution in [3.8, 4) is 0 Å². The van der Waals surface area contributed by atoms with E-state index in [2.05, 4.69) is 11.9 Å². The summed E-state index contributed by atoms with van der Waals surface area (Å²) in [6.07, 6.45) is 4.27. The third-order valence-electron chi connectivity index (χ3n) is 4.71. The molecule has 0 bridgehead atoms. The fourth-order valence-corrected chi connectivity index (χ4v) is 3.84. The lowest BCUT2D eigenvalue weighted by Gasteiger charge is -2.46. The molecule has 1 amide bonds. The summed E-state index contributed by atoms with van der Waals surface area (Å²) in [4.78, 5) is 17.3. The number of carbonyl (C=O) groups excluding carboxylic acids is 1. The lowest BCUT2D eigenvalue weighted by molar-refractivity contribution is -0.136. The van der Waals surface area contributed by atoms with Crippen LogP contribution in [0.25, 0.3) is 0 Å². The first-order chi connectivity index (χ1) is 9.04. The summed E-state index contributed by atoms with van der Waals surface area (Å²) in [5, 5.41) is 0. The van der Waals surface area contributed by atoms with Gasteiger partial charge in [0.1, 0.15) is 0 Å². The smallest absolute Gasteiger partial charge is 0.232 e. The van der Waals surface area contributed by atoms with Crippen molar-refractivity contribution in [3.05, 3.63) is 0 Å². The average molecular weight is 283 g/mol. The molecule has 0 aromatic heterocycles. The molecule has 2 heterocycles. The Morgan fingerprint density at radius 1 is 1.42 bits per heavy atom. The number of nitrogens with zero attached hydrogens (tertiary/aromatic N) is 2. The number of amides is 1. The van der Waals surface area contributed by atoms with Crippen molar-refractivity contribution in [1.29, 1.82) is 0 Å². The number of fused-ring (bicyclic) bond motifs is 1. The Balaban J connectivity index is 2.00. The monoisotopic (exact) mass is 283 g/mol. The van der Waals surface area contributed by atoms with E-state index in [1.165, 1.54) is 19.4 Å². The minimum atomic E-state index is -0.270. The Morgan fingerprint density at radius 3 is 2.79 bits per heavy atom. The van der Waals surface area contributed by atoms with Crippen LogP contribution in [0.1, 0.15) is 32.6 Å². The Labute approximate surface area is 121 Å². The second-order valence-electron chi connectivity index (χ2n) is 5.89. The van der Waals surface area contributed by atoms with E-state index in [0.29, 0.717) is 23.4 Å². The Morgan fingerprint density at radius 2 is 2.16 bits per heavy atom. The number of likely N-dealkylation sites (tertiary alicyclic amines) is 2. The van der Waals surface area contributed by atoms with Gasteiger partial charge in [0, 0.05) is 19.1 Å². The molecule has 2 aliphatic rings. The van der Waals surface area contributed by atoms with Crippen LogP contribution < -0.4 is 5.73 Å². The van der Waals surface area contributed by atoms with E-state index in [9.17, 15) is 4.79 Å². The van der Waals surface area contributed by atoms with Gasteiger partial charge in [0.25, 0.3) is 0 Å². The predicted octanol–water partition coefficient (Wildman–Crippen LogP) is 1.24. The molecule has 2 rings (SSSR count). The highest BCUT2D eigenvalue weighted by molar-refractivity contribution is 7.80. The number of hydrogen-bond donors (Lipinski definition) is 1. The SMILES string of the molecule is CCC(C(=O)N1CCC2C(CCCN2C)C1)C(N)=S. The number of piperidine rings is 2. The third kappa shape index (κ3) is 3.08. The Hall–Kier alpha value is -0.680. The van der Waals surface area contributed by atoms with Crippen molar-refractivity contribution in [3.63, 3.8) is 0 Å². The lowest BCUT2D eigenvalue weighted by Crippen LogP contribution is -2.55. The first-order valence-corrected chi connectivity index (χ1v) is 7.73. The van der Waals surface area contributed by atoms with Gasteiger partial charge in [-0.3, -0.25) is 4.79 Å². The number of carbonyl (C=O) groups is 1. The van der Waals surface area contributed by atoms with E-state index in [4.69, 9.17) is 18.0 Å². The summed E-state index contributed by atoms with van der Waals surface area (Å²) in [6, 6.07) is 0.655. The molecule has 0 aromatic carbocycles. The van der Waals surface area contributed by atoms with Crippen molar-refractivity contribution in [1.82, 2.24) is 9.80 Å². The van der Waals surface area contributed by atoms with E-state index in [1.54, 1.807) is 0 Å². The quantitative estimate of drug-likeness (QED) is 0.792. The van der Waals surface area contributed by atoms with Gasteiger partial charge in [-0.1, -0.05) is 19.1 Å². The van der Waals surface area contributed by atoms with Gasteiger partial charge in [-0.25, -0.2) is 0 Å². The molecule has 2 aliphatic heterocycles. The van der Waals surface area contributed by atoms with E-state index in [0.717, 1.165) is 19.5 Å². The van der Waals surface area contributed by atoms with Crippen molar-refractivity contribution < 1.29 is 4.79 Å². The lowest BCUT2D eigenvalue weighted by atomic mass is 9.83. The maximum Gasteiger partial charge on any atom is 0.232 e. The first kappa shape index (κ1) is 14.7. The molecule has 3 atom stereocenters. The van der Waals surface area contributed by atoms with Crippen LogP contribution in [-0.4, -0.2) is 53.4 Å². The fourth-order valence-electron chi connectivity index (χ4n) is 3.57. The normalized spacial score (nSPS) is 29.7. The summed E-state index contributed by atoms with van der Waals surface area (Å²) >= 11 is 5.02. The van der Waals surface area contributed by atoms with Gasteiger partial charge in [0.2, 0.25) is 5.91 Å². The zero-order chi connectivity index (χ0) is 14.0. The second kappa shape index (κ2) is 6.18. The molecule has 2 saturated heterocycles. The average Bonchev–Trinajstić information content (AvgIpc) is 2.39. The van der Waals surface area contributed by atoms with Crippen molar-refractivity contribution in [2.45, 2.75) is 38.6 Å². The van der Waals surface area contributed by atoms with Crippen molar-refractivity contribution in [2.24, 2.45) is 17.6 Å². The van der Waals surface area contributed by atoms with Crippen LogP contribution in [-0.2, 0) is 4.79 Å². The molecule has 4 nitrogen and oxygen atoms in total. The van der Waals surface area contributed by atoms with Gasteiger partial charge in [0.15, 0.2) is 0 Å². The first-order valence-electron chi connectivity index (χ1n) is 7.33. The van der Waals surface area contributed by atoms with E-state index in [-0.39, 0.29) is 11.8 Å². The highest BCUT2D eigenvalue weighted by Crippen LogP contribution is 2.30. The molecule has 0 aliphatic carbocycles. The molecule has 0 spiro atoms. The highest BCUT2D eigenvalue weighted by Gasteiger charge is 2.37. The van der Waals surface area contributed by atoms with Gasteiger partial charge in [0.05, 0.1) is 10.9 Å². The van der Waals surface area contributed by atoms with E-state index >= 15 is 0 Å². The number of nitrogens with two attached hydrogens (primary N) is 1. The number of rotatable bonds is 3. The van der Waals surface area contributed by atoms with Crippen LogP contribution >= 0.6 is 12.2 Å². The van der Waals surface area contributed by atoms with Crippen LogP contribution in [0.4, 0.5) is 0 Å². The van der Waals surface area contributed by atoms with E-state index < -0.39 is 0 Å². The summed E-state index contributed by atoms with van der Waals surface area (Å²) in [7, 11) is 2.21. The zero-order valence-electron chi connectivity index (χ0n) is 12.0. The third-order valence-corrected chi connectivity index (χ3v) is 4.99. The van der Waals surface area contributed by atoms with Crippen LogP contribution in [0.3, 0.4) is 0 Å². The fraction of sp³-hybridized carbons (Fsp3) is 0.857. The largest absolute Gasteiger partial charge is 0.393 e. The van der Waals surface area contributed by atoms with Crippen molar-refractivity contribution in [2.75, 3.05) is 26.7 Å². The minimum Gasteiger partial charge on any atom is -0.393 e. The Kier molecular flexibility index (Phi) is 4.79. The van der Waals surface area contributed by atoms with Crippen LogP contribution in [0, 0.1) is 11.8 Å². The summed E-state index contributed by atoms with van der Waals surface area (Å²) < 4.78 is 0. The van der Waals surface area contributed by atoms with Crippen LogP contribution in [0.5, 0.6) is 0 Å². The number of hydrogen-bond acceptors (Lipinski definition) is 3. The summed E-state index contributed by atoms with van der Waals surface area (Å²) in [6.45, 7) is 4.90. The molecule has 0 radical (unpaired) electrons. The topological polar surface area (TPSA) is 49.6 Å². The second-order valence-corrected chi connectivity index (χ2v) is 6.36. The summed E-state index contributed by atoms with van der Waals surface area (Å²) in [5.41, 5.74) is 5.68. The molecule has 2 N–H and O–H groups in total. The molecule has 5 heteroatoms. The minimum absolute atomic E-state index is 0.140. The van der Waals surface area contributed by atoms with Crippen LogP contribution in [0.15, 0.2) is 0 Å². The maximum absolute atomic E-state index is 12.5. The van der Waals surface area contributed by atoms with Gasteiger partial charge >= 0.3 is 0 Å². The number of thiocarbonyl (C=S) groups is 1. The Bertz CT molecular complexity index is 361. The van der Waals surface area contributed by atoms with Crippen LogP contribution in [0.2, 0.25) is 0 Å². The molecular weight excluding hydrogens is 258 g/mol. The highest BCUT2D eigenvalue weighted by atomic mass is 32.1. The molecule has 108 valence electrons. The molecule has 3 unspecified atom stereocenters. The molecule has 0 aromatic rings. The zero-order valence-corrected chi connectivity index (χ0v) is 12.8. The van der Waals surface area contributed by atoms with Gasteiger partial charge < -0.3 is 15.5 Å². The van der Waals surface area contributed by atoms with Gasteiger partial charge in [-0.2, -0.15) is 0 Å². The molecule has 2 fully saturated rings. The maximum atomic E-state index is 12.5. The standard InChI is InChI=1S/C14H25N3OS/c1-3-11(13(15)19)14(18)17-8-6-12-10(9-17)5-4-7-16(12)2/h10-12H,3-9H2,1-2H3,(H2,15,19). The molecular formula is C14H25N3OS. The van der Waals surface area contributed by atoms with Crippen molar-refractivity contribution >= 4 is 23.1 Å². The van der Waals surface area contributed by atoms with Gasteiger partial charge in [-0.15, -0.1) is 0 Å². The molecule has 19 heavy (non-hydrogen) atoms. The molecule has 0 saturated carbocycles. The predicted molar refractivity (Wildman–Crippen MR) is 80.9 cm³/mol. The van der Waals surface area contributed by atoms with Gasteiger partial charge in [-0.05, 0) is 45.2 Å². The summed E-state index contributed by atoms with van der Waals surface area (Å²) in [5.74, 6) is 0.495.